The van der Waals surface area contributed by atoms with Gasteiger partial charge in [-0.1, -0.05) is 0 Å². The summed E-state index contributed by atoms with van der Waals surface area (Å²) in [7, 11) is 1.35. The van der Waals surface area contributed by atoms with Gasteiger partial charge >= 0.3 is 0 Å². The minimum Gasteiger partial charge on any atom is -0.504 e. The van der Waals surface area contributed by atoms with Crippen LogP contribution in [0, 0.1) is 12.7 Å². The number of ether oxygens (including phenoxy) is 1. The molecule has 0 unspecified atom stereocenters. The number of hydrazone groups is 1. The average molecular weight is 281 g/mol. The van der Waals surface area contributed by atoms with Crippen LogP contribution in [0.4, 0.5) is 9.52 Å². The van der Waals surface area contributed by atoms with Gasteiger partial charge in [-0.25, -0.2) is 9.37 Å². The third-order valence-corrected chi connectivity index (χ3v) is 3.14. The topological polar surface area (TPSA) is 66.7 Å². The number of nitrogens with zero attached hydrogens (tertiary/aromatic N) is 2. The molecule has 0 saturated heterocycles. The van der Waals surface area contributed by atoms with Crippen molar-refractivity contribution < 1.29 is 14.2 Å². The lowest BCUT2D eigenvalue weighted by molar-refractivity contribution is 0.370. The summed E-state index contributed by atoms with van der Waals surface area (Å²) in [5.74, 6) is -0.613. The third kappa shape index (κ3) is 3.19. The van der Waals surface area contributed by atoms with E-state index in [1.807, 2.05) is 12.3 Å². The van der Waals surface area contributed by atoms with Gasteiger partial charge in [0.25, 0.3) is 0 Å². The molecule has 2 N–H and O–H groups in total. The molecule has 0 radical (unpaired) electrons. The standard InChI is InChI=1S/C12H12FN3O2S/c1-7-6-19-12(15-7)16-14-5-8-3-9(13)4-10(18-2)11(8)17/h3-6,17H,1-2H3,(H,15,16). The van der Waals surface area contributed by atoms with Crippen LogP contribution >= 0.6 is 11.3 Å². The van der Waals surface area contributed by atoms with E-state index in [0.29, 0.717) is 5.13 Å². The van der Waals surface area contributed by atoms with Crippen molar-refractivity contribution in [2.75, 3.05) is 12.5 Å². The second-order valence-corrected chi connectivity index (χ2v) is 4.57. The number of thiazole rings is 1. The van der Waals surface area contributed by atoms with E-state index >= 15 is 0 Å². The molecule has 0 aliphatic heterocycles. The van der Waals surface area contributed by atoms with Gasteiger partial charge in [-0.05, 0) is 13.0 Å². The van der Waals surface area contributed by atoms with Crippen LogP contribution in [0.1, 0.15) is 11.3 Å². The Balaban J connectivity index is 2.16. The summed E-state index contributed by atoms with van der Waals surface area (Å²) in [5, 5.41) is 16.2. The zero-order valence-electron chi connectivity index (χ0n) is 10.3. The Kier molecular flexibility index (Phi) is 3.96. The van der Waals surface area contributed by atoms with Gasteiger partial charge in [0, 0.05) is 17.0 Å². The fourth-order valence-corrected chi connectivity index (χ4v) is 2.05. The van der Waals surface area contributed by atoms with E-state index in [-0.39, 0.29) is 17.1 Å². The fraction of sp³-hybridized carbons (Fsp3) is 0.167. The van der Waals surface area contributed by atoms with Crippen LogP contribution in [0.25, 0.3) is 0 Å². The molecule has 0 aliphatic rings. The van der Waals surface area contributed by atoms with Gasteiger partial charge in [0.2, 0.25) is 5.13 Å². The van der Waals surface area contributed by atoms with Crippen molar-refractivity contribution >= 4 is 22.7 Å². The quantitative estimate of drug-likeness (QED) is 0.668. The lowest BCUT2D eigenvalue weighted by Crippen LogP contribution is -1.94. The molecule has 0 spiro atoms. The Hall–Kier alpha value is -2.15. The van der Waals surface area contributed by atoms with Gasteiger partial charge in [0.1, 0.15) is 5.82 Å². The predicted octanol–water partition coefficient (Wildman–Crippen LogP) is 2.75. The molecule has 0 bridgehead atoms. The molecular weight excluding hydrogens is 269 g/mol. The summed E-state index contributed by atoms with van der Waals surface area (Å²) >= 11 is 1.40. The van der Waals surface area contributed by atoms with Crippen molar-refractivity contribution in [2.45, 2.75) is 6.92 Å². The smallest absolute Gasteiger partial charge is 0.203 e. The lowest BCUT2D eigenvalue weighted by Gasteiger charge is -2.05. The number of aromatic hydroxyl groups is 1. The SMILES string of the molecule is COc1cc(F)cc(C=NNc2nc(C)cs2)c1O. The maximum absolute atomic E-state index is 13.3. The molecule has 0 amide bonds. The number of aryl methyl sites for hydroxylation is 1. The summed E-state index contributed by atoms with van der Waals surface area (Å²) in [6.07, 6.45) is 1.30. The van der Waals surface area contributed by atoms with E-state index in [1.54, 1.807) is 0 Å². The first-order valence-electron chi connectivity index (χ1n) is 5.38. The van der Waals surface area contributed by atoms with Crippen LogP contribution < -0.4 is 10.2 Å². The molecule has 5 nitrogen and oxygen atoms in total. The second kappa shape index (κ2) is 5.66. The number of hydrogen-bond acceptors (Lipinski definition) is 6. The number of methoxy groups -OCH3 is 1. The number of benzene rings is 1. The first-order valence-corrected chi connectivity index (χ1v) is 6.26. The average Bonchev–Trinajstić information content (AvgIpc) is 2.79. The third-order valence-electron chi connectivity index (χ3n) is 2.27. The Morgan fingerprint density at radius 1 is 1.53 bits per heavy atom. The highest BCUT2D eigenvalue weighted by molar-refractivity contribution is 7.13. The first kappa shape index (κ1) is 13.3. The maximum Gasteiger partial charge on any atom is 0.203 e. The number of nitrogens with one attached hydrogen (secondary N) is 1. The van der Waals surface area contributed by atoms with Gasteiger partial charge < -0.3 is 9.84 Å². The summed E-state index contributed by atoms with van der Waals surface area (Å²) in [6.45, 7) is 1.87. The Labute approximate surface area is 113 Å². The van der Waals surface area contributed by atoms with Gasteiger partial charge in [-0.3, -0.25) is 5.43 Å². The van der Waals surface area contributed by atoms with E-state index < -0.39 is 5.82 Å². The predicted molar refractivity (Wildman–Crippen MR) is 72.7 cm³/mol. The molecule has 2 aromatic rings. The minimum absolute atomic E-state index is 0.0616. The summed E-state index contributed by atoms with van der Waals surface area (Å²) in [5.41, 5.74) is 3.81. The summed E-state index contributed by atoms with van der Waals surface area (Å²) < 4.78 is 18.1. The van der Waals surface area contributed by atoms with Crippen LogP contribution in [0.5, 0.6) is 11.5 Å². The fourth-order valence-electron chi connectivity index (χ4n) is 1.41. The van der Waals surface area contributed by atoms with E-state index in [2.05, 4.69) is 15.5 Å². The highest BCUT2D eigenvalue weighted by atomic mass is 32.1. The number of phenolic OH excluding ortho intramolecular Hbond substituents is 1. The number of phenols is 1. The first-order chi connectivity index (χ1) is 9.10. The zero-order valence-corrected chi connectivity index (χ0v) is 11.2. The molecule has 0 saturated carbocycles. The monoisotopic (exact) mass is 281 g/mol. The van der Waals surface area contributed by atoms with Gasteiger partial charge in [0.15, 0.2) is 11.5 Å². The molecule has 0 atom stereocenters. The number of rotatable bonds is 4. The van der Waals surface area contributed by atoms with Crippen LogP contribution in [-0.2, 0) is 0 Å². The number of anilines is 1. The van der Waals surface area contributed by atoms with Crippen molar-refractivity contribution in [3.8, 4) is 11.5 Å². The number of halogens is 1. The van der Waals surface area contributed by atoms with Gasteiger partial charge in [0.05, 0.1) is 19.0 Å². The molecule has 7 heteroatoms. The molecule has 0 aliphatic carbocycles. The van der Waals surface area contributed by atoms with Crippen LogP contribution in [0.3, 0.4) is 0 Å². The molecular formula is C12H12FN3O2S. The highest BCUT2D eigenvalue weighted by Gasteiger charge is 2.09. The van der Waals surface area contributed by atoms with E-state index in [1.165, 1.54) is 24.7 Å². The van der Waals surface area contributed by atoms with Gasteiger partial charge in [-0.2, -0.15) is 5.10 Å². The van der Waals surface area contributed by atoms with E-state index in [9.17, 15) is 9.50 Å². The Morgan fingerprint density at radius 2 is 2.32 bits per heavy atom. The van der Waals surface area contributed by atoms with Crippen LogP contribution in [0.15, 0.2) is 22.6 Å². The summed E-state index contributed by atoms with van der Waals surface area (Å²) in [4.78, 5) is 4.15. The van der Waals surface area contributed by atoms with Crippen molar-refractivity contribution in [2.24, 2.45) is 5.10 Å². The van der Waals surface area contributed by atoms with Crippen molar-refractivity contribution in [1.29, 1.82) is 0 Å². The van der Waals surface area contributed by atoms with Crippen molar-refractivity contribution in [3.63, 3.8) is 0 Å². The maximum atomic E-state index is 13.3. The molecule has 100 valence electrons. The molecule has 0 fully saturated rings. The van der Waals surface area contributed by atoms with E-state index in [0.717, 1.165) is 17.8 Å². The largest absolute Gasteiger partial charge is 0.504 e. The van der Waals surface area contributed by atoms with Crippen molar-refractivity contribution in [1.82, 2.24) is 4.98 Å². The zero-order chi connectivity index (χ0) is 13.8. The summed E-state index contributed by atoms with van der Waals surface area (Å²) in [6, 6.07) is 2.26. The highest BCUT2D eigenvalue weighted by Crippen LogP contribution is 2.29. The normalized spacial score (nSPS) is 10.9. The molecule has 1 heterocycles. The second-order valence-electron chi connectivity index (χ2n) is 3.71. The Bertz CT molecular complexity index is 613. The van der Waals surface area contributed by atoms with Gasteiger partial charge in [-0.15, -0.1) is 11.3 Å². The lowest BCUT2D eigenvalue weighted by atomic mass is 10.2. The van der Waals surface area contributed by atoms with Crippen molar-refractivity contribution in [3.05, 3.63) is 34.6 Å². The molecule has 19 heavy (non-hydrogen) atoms. The van der Waals surface area contributed by atoms with Crippen LogP contribution in [-0.4, -0.2) is 23.4 Å². The minimum atomic E-state index is -0.513. The number of aromatic nitrogens is 1. The molecule has 1 aromatic heterocycles. The van der Waals surface area contributed by atoms with E-state index in [4.69, 9.17) is 4.74 Å². The molecule has 2 rings (SSSR count). The van der Waals surface area contributed by atoms with Crippen LogP contribution in [0.2, 0.25) is 0 Å². The number of hydrogen-bond donors (Lipinski definition) is 2. The molecule has 1 aromatic carbocycles. The Morgan fingerprint density at radius 3 is 2.95 bits per heavy atom.